The standard InChI is InChI=1S/C20H26N4O2/c1-14-12-17(15(2)24(14)18-10-6-7-11-21-18)20(26)22-13-19(25)23-16-8-4-3-5-9-16/h6-7,10-12,16H,3-5,8-9,13H2,1-2H3,(H,22,26)(H,23,25). The molecule has 2 aromatic rings. The van der Waals surface area contributed by atoms with E-state index in [-0.39, 0.29) is 24.4 Å². The molecule has 2 N–H and O–H groups in total. The van der Waals surface area contributed by atoms with Crippen LogP contribution in [0.15, 0.2) is 30.5 Å². The van der Waals surface area contributed by atoms with Crippen LogP contribution in [0.5, 0.6) is 0 Å². The van der Waals surface area contributed by atoms with Gasteiger partial charge in [0.1, 0.15) is 5.82 Å². The van der Waals surface area contributed by atoms with E-state index >= 15 is 0 Å². The van der Waals surface area contributed by atoms with Crippen LogP contribution in [0.1, 0.15) is 53.8 Å². The lowest BCUT2D eigenvalue weighted by Crippen LogP contribution is -2.42. The molecule has 6 nitrogen and oxygen atoms in total. The highest BCUT2D eigenvalue weighted by Gasteiger charge is 2.19. The van der Waals surface area contributed by atoms with Gasteiger partial charge in [-0.05, 0) is 44.9 Å². The number of hydrogen-bond donors (Lipinski definition) is 2. The fraction of sp³-hybridized carbons (Fsp3) is 0.450. The second-order valence-electron chi connectivity index (χ2n) is 6.89. The van der Waals surface area contributed by atoms with Gasteiger partial charge in [-0.25, -0.2) is 4.98 Å². The molecule has 0 radical (unpaired) electrons. The van der Waals surface area contributed by atoms with Gasteiger partial charge in [-0.2, -0.15) is 0 Å². The smallest absolute Gasteiger partial charge is 0.253 e. The van der Waals surface area contributed by atoms with Crippen molar-refractivity contribution < 1.29 is 9.59 Å². The summed E-state index contributed by atoms with van der Waals surface area (Å²) in [7, 11) is 0. The molecule has 3 rings (SSSR count). The van der Waals surface area contributed by atoms with Gasteiger partial charge in [-0.1, -0.05) is 25.3 Å². The maximum Gasteiger partial charge on any atom is 0.253 e. The molecule has 26 heavy (non-hydrogen) atoms. The monoisotopic (exact) mass is 354 g/mol. The molecule has 1 aliphatic carbocycles. The molecule has 138 valence electrons. The molecule has 2 heterocycles. The van der Waals surface area contributed by atoms with E-state index in [4.69, 9.17) is 0 Å². The third kappa shape index (κ3) is 4.12. The van der Waals surface area contributed by atoms with Crippen molar-refractivity contribution in [3.05, 3.63) is 47.4 Å². The molecule has 2 aromatic heterocycles. The summed E-state index contributed by atoms with van der Waals surface area (Å²) in [5.74, 6) is 0.416. The van der Waals surface area contributed by atoms with Crippen molar-refractivity contribution in [1.82, 2.24) is 20.2 Å². The van der Waals surface area contributed by atoms with Crippen LogP contribution < -0.4 is 10.6 Å². The molecule has 0 bridgehead atoms. The Morgan fingerprint density at radius 3 is 2.65 bits per heavy atom. The molecular formula is C20H26N4O2. The van der Waals surface area contributed by atoms with Crippen molar-refractivity contribution in [2.75, 3.05) is 6.54 Å². The fourth-order valence-corrected chi connectivity index (χ4v) is 3.61. The first-order chi connectivity index (χ1) is 12.6. The van der Waals surface area contributed by atoms with Crippen LogP contribution in [0.4, 0.5) is 0 Å². The van der Waals surface area contributed by atoms with Crippen molar-refractivity contribution in [2.24, 2.45) is 0 Å². The van der Waals surface area contributed by atoms with Gasteiger partial charge in [-0.15, -0.1) is 0 Å². The lowest BCUT2D eigenvalue weighted by atomic mass is 9.95. The van der Waals surface area contributed by atoms with Gasteiger partial charge >= 0.3 is 0 Å². The number of rotatable bonds is 5. The molecule has 2 amide bonds. The predicted molar refractivity (Wildman–Crippen MR) is 100 cm³/mol. The minimum absolute atomic E-state index is 0.00257. The van der Waals surface area contributed by atoms with Gasteiger partial charge < -0.3 is 15.2 Å². The average Bonchev–Trinajstić information content (AvgIpc) is 2.95. The van der Waals surface area contributed by atoms with Crippen LogP contribution in [-0.2, 0) is 4.79 Å². The number of aryl methyl sites for hydroxylation is 1. The Kier molecular flexibility index (Phi) is 5.71. The maximum atomic E-state index is 12.5. The SMILES string of the molecule is Cc1cc(C(=O)NCC(=O)NC2CCCCC2)c(C)n1-c1ccccn1. The Morgan fingerprint density at radius 1 is 1.19 bits per heavy atom. The zero-order chi connectivity index (χ0) is 18.5. The lowest BCUT2D eigenvalue weighted by Gasteiger charge is -2.22. The van der Waals surface area contributed by atoms with E-state index in [9.17, 15) is 9.59 Å². The topological polar surface area (TPSA) is 76.0 Å². The van der Waals surface area contributed by atoms with E-state index in [0.717, 1.165) is 42.9 Å². The zero-order valence-corrected chi connectivity index (χ0v) is 15.4. The number of nitrogens with zero attached hydrogens (tertiary/aromatic N) is 2. The maximum absolute atomic E-state index is 12.5. The highest BCUT2D eigenvalue weighted by Crippen LogP contribution is 2.19. The van der Waals surface area contributed by atoms with Gasteiger partial charge in [0.25, 0.3) is 5.91 Å². The van der Waals surface area contributed by atoms with E-state index < -0.39 is 0 Å². The Balaban J connectivity index is 1.62. The van der Waals surface area contributed by atoms with E-state index in [1.807, 2.05) is 42.7 Å². The van der Waals surface area contributed by atoms with Crippen LogP contribution >= 0.6 is 0 Å². The third-order valence-electron chi connectivity index (χ3n) is 4.93. The summed E-state index contributed by atoms with van der Waals surface area (Å²) < 4.78 is 1.94. The molecule has 0 atom stereocenters. The number of carbonyl (C=O) groups excluding carboxylic acids is 2. The molecule has 6 heteroatoms. The van der Waals surface area contributed by atoms with Crippen LogP contribution in [0.3, 0.4) is 0 Å². The van der Waals surface area contributed by atoms with Gasteiger partial charge in [-0.3, -0.25) is 9.59 Å². The fourth-order valence-electron chi connectivity index (χ4n) is 3.61. The molecule has 0 unspecified atom stereocenters. The van der Waals surface area contributed by atoms with E-state index in [2.05, 4.69) is 15.6 Å². The second-order valence-corrected chi connectivity index (χ2v) is 6.89. The van der Waals surface area contributed by atoms with Gasteiger partial charge in [0, 0.05) is 23.6 Å². The normalized spacial score (nSPS) is 14.8. The molecule has 1 saturated carbocycles. The Bertz CT molecular complexity index is 777. The zero-order valence-electron chi connectivity index (χ0n) is 15.4. The molecule has 1 aliphatic rings. The van der Waals surface area contributed by atoms with E-state index in [0.29, 0.717) is 5.56 Å². The van der Waals surface area contributed by atoms with Crippen molar-refractivity contribution in [3.8, 4) is 5.82 Å². The van der Waals surface area contributed by atoms with Crippen molar-refractivity contribution in [2.45, 2.75) is 52.0 Å². The minimum atomic E-state index is -0.237. The van der Waals surface area contributed by atoms with Crippen LogP contribution in [0, 0.1) is 13.8 Å². The minimum Gasteiger partial charge on any atom is -0.352 e. The van der Waals surface area contributed by atoms with Crippen molar-refractivity contribution in [3.63, 3.8) is 0 Å². The van der Waals surface area contributed by atoms with Crippen LogP contribution in [-0.4, -0.2) is 34.0 Å². The first-order valence-electron chi connectivity index (χ1n) is 9.24. The number of nitrogens with one attached hydrogen (secondary N) is 2. The number of pyridine rings is 1. The Labute approximate surface area is 154 Å². The molecule has 0 aromatic carbocycles. The predicted octanol–water partition coefficient (Wildman–Crippen LogP) is 2.67. The first kappa shape index (κ1) is 18.2. The quantitative estimate of drug-likeness (QED) is 0.867. The van der Waals surface area contributed by atoms with Crippen molar-refractivity contribution >= 4 is 11.8 Å². The number of hydrogen-bond acceptors (Lipinski definition) is 3. The molecular weight excluding hydrogens is 328 g/mol. The van der Waals surface area contributed by atoms with E-state index in [1.165, 1.54) is 6.42 Å². The second kappa shape index (κ2) is 8.17. The molecule has 1 fully saturated rings. The molecule has 0 spiro atoms. The first-order valence-corrected chi connectivity index (χ1v) is 9.24. The summed E-state index contributed by atoms with van der Waals surface area (Å²) in [6.45, 7) is 3.83. The summed E-state index contributed by atoms with van der Waals surface area (Å²) in [5.41, 5.74) is 2.31. The van der Waals surface area contributed by atoms with Crippen LogP contribution in [0.2, 0.25) is 0 Å². The lowest BCUT2D eigenvalue weighted by molar-refractivity contribution is -0.121. The molecule has 0 aliphatic heterocycles. The highest BCUT2D eigenvalue weighted by atomic mass is 16.2. The Hall–Kier alpha value is -2.63. The van der Waals surface area contributed by atoms with E-state index in [1.54, 1.807) is 6.20 Å². The third-order valence-corrected chi connectivity index (χ3v) is 4.93. The number of amides is 2. The summed E-state index contributed by atoms with van der Waals surface area (Å²) in [6.07, 6.45) is 7.36. The average molecular weight is 354 g/mol. The van der Waals surface area contributed by atoms with Gasteiger partial charge in [0.2, 0.25) is 5.91 Å². The van der Waals surface area contributed by atoms with Gasteiger partial charge in [0.05, 0.1) is 12.1 Å². The highest BCUT2D eigenvalue weighted by molar-refractivity contribution is 5.97. The summed E-state index contributed by atoms with van der Waals surface area (Å²) in [6, 6.07) is 7.76. The van der Waals surface area contributed by atoms with Gasteiger partial charge in [0.15, 0.2) is 0 Å². The number of aromatic nitrogens is 2. The number of carbonyl (C=O) groups is 2. The summed E-state index contributed by atoms with van der Waals surface area (Å²) >= 11 is 0. The summed E-state index contributed by atoms with van der Waals surface area (Å²) in [4.78, 5) is 29.0. The van der Waals surface area contributed by atoms with Crippen molar-refractivity contribution in [1.29, 1.82) is 0 Å². The molecule has 0 saturated heterocycles. The Morgan fingerprint density at radius 2 is 1.96 bits per heavy atom. The van der Waals surface area contributed by atoms with Crippen LogP contribution in [0.25, 0.3) is 5.82 Å². The largest absolute Gasteiger partial charge is 0.352 e. The summed E-state index contributed by atoms with van der Waals surface area (Å²) in [5, 5.41) is 5.75.